The van der Waals surface area contributed by atoms with Gasteiger partial charge in [-0.25, -0.2) is 4.98 Å². The molecule has 2 atom stereocenters. The summed E-state index contributed by atoms with van der Waals surface area (Å²) in [5, 5.41) is 27.2. The van der Waals surface area contributed by atoms with Gasteiger partial charge in [-0.15, -0.1) is 0 Å². The Bertz CT molecular complexity index is 659. The van der Waals surface area contributed by atoms with Gasteiger partial charge in [-0.1, -0.05) is 0 Å². The number of carbonyl (C=O) groups excluding carboxylic acids is 1. The molecule has 5 N–H and O–H groups in total. The van der Waals surface area contributed by atoms with E-state index in [0.717, 1.165) is 6.20 Å². The van der Waals surface area contributed by atoms with Gasteiger partial charge in [-0.05, 0) is 19.3 Å². The fourth-order valence-electron chi connectivity index (χ4n) is 2.37. The van der Waals surface area contributed by atoms with Gasteiger partial charge >= 0.3 is 12.1 Å². The highest BCUT2D eigenvalue weighted by atomic mass is 19.4. The molecule has 28 heavy (non-hydrogen) atoms. The number of hydrogen-bond donors (Lipinski definition) is 4. The Morgan fingerprint density at radius 1 is 1.18 bits per heavy atom. The SMILES string of the molecule is Nc1cncc(C(F)(F)F)n1.O=C(O)CCCCC(=O)N1CCC(O)C(O)C1. The van der Waals surface area contributed by atoms with Gasteiger partial charge in [0.25, 0.3) is 0 Å². The summed E-state index contributed by atoms with van der Waals surface area (Å²) in [6.07, 6.45) is -2.61. The van der Waals surface area contributed by atoms with Crippen LogP contribution in [0.1, 0.15) is 37.8 Å². The summed E-state index contributed by atoms with van der Waals surface area (Å²) in [5.41, 5.74) is 3.91. The van der Waals surface area contributed by atoms with E-state index in [1.165, 1.54) is 4.90 Å². The van der Waals surface area contributed by atoms with Crippen LogP contribution in [0.25, 0.3) is 0 Å². The second kappa shape index (κ2) is 10.8. The van der Waals surface area contributed by atoms with Crippen molar-refractivity contribution in [3.8, 4) is 0 Å². The minimum atomic E-state index is -4.47. The van der Waals surface area contributed by atoms with E-state index >= 15 is 0 Å². The largest absolute Gasteiger partial charge is 0.481 e. The van der Waals surface area contributed by atoms with Crippen molar-refractivity contribution in [2.75, 3.05) is 18.8 Å². The molecule has 1 aromatic rings. The summed E-state index contributed by atoms with van der Waals surface area (Å²) in [6, 6.07) is 0. The zero-order chi connectivity index (χ0) is 21.3. The molecule has 0 aromatic carbocycles. The van der Waals surface area contributed by atoms with Gasteiger partial charge in [0, 0.05) is 25.9 Å². The first kappa shape index (κ1) is 23.6. The zero-order valence-electron chi connectivity index (χ0n) is 15.0. The number of piperidine rings is 1. The Balaban J connectivity index is 0.000000307. The number of carboxylic acid groups (broad SMARTS) is 1. The van der Waals surface area contributed by atoms with E-state index in [2.05, 4.69) is 9.97 Å². The highest BCUT2D eigenvalue weighted by Gasteiger charge is 2.33. The van der Waals surface area contributed by atoms with Crippen molar-refractivity contribution in [3.63, 3.8) is 0 Å². The van der Waals surface area contributed by atoms with E-state index in [-0.39, 0.29) is 24.7 Å². The van der Waals surface area contributed by atoms with E-state index in [4.69, 9.17) is 10.8 Å². The molecule has 1 aliphatic rings. The topological polar surface area (TPSA) is 150 Å². The van der Waals surface area contributed by atoms with Crippen molar-refractivity contribution in [1.82, 2.24) is 14.9 Å². The first-order valence-electron chi connectivity index (χ1n) is 8.51. The maximum Gasteiger partial charge on any atom is 0.434 e. The number of aliphatic hydroxyl groups excluding tert-OH is 2. The molecule has 0 saturated carbocycles. The molecule has 0 aliphatic carbocycles. The number of amides is 1. The van der Waals surface area contributed by atoms with Crippen LogP contribution < -0.4 is 5.73 Å². The fraction of sp³-hybridized carbons (Fsp3) is 0.625. The fourth-order valence-corrected chi connectivity index (χ4v) is 2.37. The zero-order valence-corrected chi connectivity index (χ0v) is 15.0. The summed E-state index contributed by atoms with van der Waals surface area (Å²) in [5.74, 6) is -1.17. The minimum absolute atomic E-state index is 0.0780. The van der Waals surface area contributed by atoms with E-state index in [0.29, 0.717) is 38.4 Å². The molecule has 2 unspecified atom stereocenters. The number of aromatic nitrogens is 2. The molecule has 0 bridgehead atoms. The number of anilines is 1. The molecule has 2 rings (SSSR count). The Labute approximate surface area is 159 Å². The number of carboxylic acids is 1. The summed E-state index contributed by atoms with van der Waals surface area (Å²) in [4.78, 5) is 29.8. The van der Waals surface area contributed by atoms with Gasteiger partial charge in [0.05, 0.1) is 24.6 Å². The van der Waals surface area contributed by atoms with Crippen LogP contribution in [0.3, 0.4) is 0 Å². The van der Waals surface area contributed by atoms with Crippen molar-refractivity contribution in [1.29, 1.82) is 0 Å². The predicted molar refractivity (Wildman–Crippen MR) is 90.8 cm³/mol. The maximum absolute atomic E-state index is 11.8. The summed E-state index contributed by atoms with van der Waals surface area (Å²) in [7, 11) is 0. The van der Waals surface area contributed by atoms with Crippen LogP contribution in [-0.2, 0) is 15.8 Å². The third-order valence-corrected chi connectivity index (χ3v) is 3.87. The standard InChI is InChI=1S/C11H19NO5.C5H4F3N3/c13-8-5-6-12(7-9(8)14)10(15)3-1-2-4-11(16)17;6-5(7,8)3-1-10-2-4(9)11-3/h8-9,13-14H,1-7H2,(H,16,17);1-2H,(H2,9,11). The minimum Gasteiger partial charge on any atom is -0.481 e. The van der Waals surface area contributed by atoms with Gasteiger partial charge in [-0.3, -0.25) is 14.6 Å². The molecule has 1 saturated heterocycles. The molecule has 9 nitrogen and oxygen atoms in total. The van der Waals surface area contributed by atoms with Crippen LogP contribution in [0.15, 0.2) is 12.4 Å². The number of alkyl halides is 3. The van der Waals surface area contributed by atoms with Crippen LogP contribution in [0, 0.1) is 0 Å². The quantitative estimate of drug-likeness (QED) is 0.519. The monoisotopic (exact) mass is 408 g/mol. The molecule has 1 aromatic heterocycles. The second-order valence-corrected chi connectivity index (χ2v) is 6.19. The van der Waals surface area contributed by atoms with E-state index in [1.807, 2.05) is 0 Å². The van der Waals surface area contributed by atoms with E-state index < -0.39 is 30.0 Å². The lowest BCUT2D eigenvalue weighted by Crippen LogP contribution is -2.48. The third-order valence-electron chi connectivity index (χ3n) is 3.87. The number of hydrogen-bond acceptors (Lipinski definition) is 7. The van der Waals surface area contributed by atoms with Gasteiger partial charge in [0.15, 0.2) is 5.69 Å². The first-order chi connectivity index (χ1) is 13.0. The average Bonchev–Trinajstić information content (AvgIpc) is 2.60. The lowest BCUT2D eigenvalue weighted by Gasteiger charge is -2.33. The highest BCUT2D eigenvalue weighted by molar-refractivity contribution is 5.76. The normalized spacial score (nSPS) is 19.5. The van der Waals surface area contributed by atoms with Gasteiger partial charge in [0.2, 0.25) is 5.91 Å². The van der Waals surface area contributed by atoms with Crippen LogP contribution in [0.5, 0.6) is 0 Å². The molecule has 1 aliphatic heterocycles. The molecule has 12 heteroatoms. The summed E-state index contributed by atoms with van der Waals surface area (Å²) < 4.78 is 35.4. The van der Waals surface area contributed by atoms with Gasteiger partial charge in [-0.2, -0.15) is 13.2 Å². The molecule has 0 radical (unpaired) electrons. The Morgan fingerprint density at radius 3 is 2.32 bits per heavy atom. The molecule has 1 fully saturated rings. The summed E-state index contributed by atoms with van der Waals surface area (Å²) in [6.45, 7) is 0.620. The van der Waals surface area contributed by atoms with Crippen molar-refractivity contribution in [2.24, 2.45) is 0 Å². The number of carbonyl (C=O) groups is 2. The number of aliphatic hydroxyl groups is 2. The number of aliphatic carboxylic acids is 1. The van der Waals surface area contributed by atoms with Crippen molar-refractivity contribution >= 4 is 17.7 Å². The number of unbranched alkanes of at least 4 members (excludes halogenated alkanes) is 1. The maximum atomic E-state index is 11.8. The van der Waals surface area contributed by atoms with Crippen molar-refractivity contribution in [2.45, 2.75) is 50.5 Å². The number of halogens is 3. The number of β-amino-alcohol motifs (C(OH)–C–C–N with tert-alkyl or cyclic N) is 1. The molecule has 2 heterocycles. The third kappa shape index (κ3) is 8.48. The average molecular weight is 408 g/mol. The molecule has 0 spiro atoms. The van der Waals surface area contributed by atoms with Crippen molar-refractivity contribution in [3.05, 3.63) is 18.1 Å². The Hall–Kier alpha value is -2.47. The molecule has 158 valence electrons. The first-order valence-corrected chi connectivity index (χ1v) is 8.51. The van der Waals surface area contributed by atoms with Crippen LogP contribution in [0.2, 0.25) is 0 Å². The Morgan fingerprint density at radius 2 is 1.82 bits per heavy atom. The van der Waals surface area contributed by atoms with E-state index in [9.17, 15) is 33.0 Å². The number of likely N-dealkylation sites (tertiary alicyclic amines) is 1. The number of nitrogens with zero attached hydrogens (tertiary/aromatic N) is 3. The lowest BCUT2D eigenvalue weighted by molar-refractivity contribution is -0.141. The van der Waals surface area contributed by atoms with E-state index in [1.54, 1.807) is 0 Å². The molecular formula is C16H23F3N4O5. The van der Waals surface area contributed by atoms with Crippen LogP contribution in [0.4, 0.5) is 19.0 Å². The predicted octanol–water partition coefficient (Wildman–Crippen LogP) is 0.663. The number of nitrogen functional groups attached to an aromatic ring is 1. The number of rotatable bonds is 5. The van der Waals surface area contributed by atoms with Crippen LogP contribution >= 0.6 is 0 Å². The highest BCUT2D eigenvalue weighted by Crippen LogP contribution is 2.26. The molecular weight excluding hydrogens is 385 g/mol. The second-order valence-electron chi connectivity index (χ2n) is 6.19. The lowest BCUT2D eigenvalue weighted by atomic mass is 10.0. The van der Waals surface area contributed by atoms with Crippen LogP contribution in [-0.4, -0.2) is 67.4 Å². The molecule has 1 amide bonds. The summed E-state index contributed by atoms with van der Waals surface area (Å²) >= 11 is 0. The van der Waals surface area contributed by atoms with Gasteiger partial charge in [0.1, 0.15) is 5.82 Å². The van der Waals surface area contributed by atoms with Crippen molar-refractivity contribution < 1.29 is 38.1 Å². The smallest absolute Gasteiger partial charge is 0.434 e. The Kier molecular flexibility index (Phi) is 9.06. The van der Waals surface area contributed by atoms with Gasteiger partial charge < -0.3 is 26.0 Å². The number of nitrogens with two attached hydrogens (primary N) is 1.